The van der Waals surface area contributed by atoms with E-state index in [4.69, 9.17) is 9.47 Å². The van der Waals surface area contributed by atoms with E-state index >= 15 is 4.39 Å². The first-order valence-corrected chi connectivity index (χ1v) is 10.9. The number of halogens is 5. The van der Waals surface area contributed by atoms with E-state index in [0.29, 0.717) is 24.0 Å². The highest BCUT2D eigenvalue weighted by Gasteiger charge is 2.37. The third kappa shape index (κ3) is 4.41. The molecule has 7 heteroatoms. The molecule has 0 N–H and O–H groups in total. The van der Waals surface area contributed by atoms with Crippen LogP contribution < -0.4 is 9.47 Å². The molecule has 174 valence electrons. The van der Waals surface area contributed by atoms with E-state index < -0.39 is 46.4 Å². The third-order valence-electron chi connectivity index (χ3n) is 5.63. The molecule has 3 aromatic carbocycles. The largest absolute Gasteiger partial charge is 0.450 e. The highest BCUT2D eigenvalue weighted by atomic mass is 19.3. The van der Waals surface area contributed by atoms with Crippen LogP contribution in [0.25, 0.3) is 0 Å². The van der Waals surface area contributed by atoms with Gasteiger partial charge in [-0.3, -0.25) is 0 Å². The van der Waals surface area contributed by atoms with Gasteiger partial charge in [-0.1, -0.05) is 44.9 Å². The molecule has 0 amide bonds. The van der Waals surface area contributed by atoms with Crippen LogP contribution in [0.2, 0.25) is 0 Å². The summed E-state index contributed by atoms with van der Waals surface area (Å²) in [5.74, 6) is -5.10. The minimum atomic E-state index is -3.81. The highest BCUT2D eigenvalue weighted by Crippen LogP contribution is 2.45. The summed E-state index contributed by atoms with van der Waals surface area (Å²) in [4.78, 5) is 0. The van der Waals surface area contributed by atoms with Crippen LogP contribution in [0.3, 0.4) is 0 Å². The molecule has 0 atom stereocenters. The number of rotatable bonds is 7. The molecular weight excluding hydrogens is 439 g/mol. The van der Waals surface area contributed by atoms with E-state index in [1.165, 1.54) is 24.3 Å². The van der Waals surface area contributed by atoms with Crippen molar-refractivity contribution in [2.45, 2.75) is 52.1 Å². The third-order valence-corrected chi connectivity index (χ3v) is 5.63. The summed E-state index contributed by atoms with van der Waals surface area (Å²) in [5.41, 5.74) is 1.39. The van der Waals surface area contributed by atoms with Gasteiger partial charge in [0.15, 0.2) is 23.1 Å². The first-order valence-electron chi connectivity index (χ1n) is 10.9. The van der Waals surface area contributed by atoms with E-state index in [0.717, 1.165) is 24.5 Å². The van der Waals surface area contributed by atoms with E-state index in [9.17, 15) is 17.6 Å². The lowest BCUT2D eigenvalue weighted by atomic mass is 9.96. The molecule has 0 fully saturated rings. The first kappa shape index (κ1) is 23.1. The Bertz CT molecular complexity index is 1170. The monoisotopic (exact) mass is 462 g/mol. The molecule has 4 rings (SSSR count). The van der Waals surface area contributed by atoms with Gasteiger partial charge in [-0.25, -0.2) is 4.39 Å². The average molecular weight is 462 g/mol. The van der Waals surface area contributed by atoms with Crippen LogP contribution >= 0.6 is 0 Å². The summed E-state index contributed by atoms with van der Waals surface area (Å²) in [6.45, 7) is 3.82. The molecule has 0 saturated carbocycles. The van der Waals surface area contributed by atoms with Gasteiger partial charge in [0.2, 0.25) is 11.6 Å². The van der Waals surface area contributed by atoms with E-state index in [2.05, 4.69) is 0 Å². The molecule has 3 aromatic rings. The van der Waals surface area contributed by atoms with Gasteiger partial charge in [-0.2, -0.15) is 17.6 Å². The molecule has 1 heterocycles. The molecule has 1 aliphatic rings. The summed E-state index contributed by atoms with van der Waals surface area (Å²) in [6.07, 6.45) is -1.14. The van der Waals surface area contributed by atoms with E-state index in [-0.39, 0.29) is 12.0 Å². The van der Waals surface area contributed by atoms with E-state index in [1.807, 2.05) is 13.8 Å². The second kappa shape index (κ2) is 9.04. The van der Waals surface area contributed by atoms with Crippen LogP contribution in [-0.4, -0.2) is 0 Å². The number of benzene rings is 3. The van der Waals surface area contributed by atoms with Crippen molar-refractivity contribution in [3.8, 4) is 17.2 Å². The predicted molar refractivity (Wildman–Crippen MR) is 115 cm³/mol. The zero-order valence-corrected chi connectivity index (χ0v) is 18.3. The van der Waals surface area contributed by atoms with Crippen LogP contribution in [0.1, 0.15) is 54.5 Å². The fourth-order valence-corrected chi connectivity index (χ4v) is 3.98. The summed E-state index contributed by atoms with van der Waals surface area (Å²) in [7, 11) is 0. The molecule has 0 aliphatic carbocycles. The zero-order chi connectivity index (χ0) is 23.8. The molecule has 0 radical (unpaired) electrons. The second-order valence-corrected chi connectivity index (χ2v) is 8.11. The Morgan fingerprint density at radius 3 is 2.15 bits per heavy atom. The predicted octanol–water partition coefficient (Wildman–Crippen LogP) is 7.83. The number of hydrogen-bond donors (Lipinski definition) is 0. The average Bonchev–Trinajstić information content (AvgIpc) is 2.79. The fraction of sp³-hybridized carbons (Fsp3) is 0.308. The van der Waals surface area contributed by atoms with Gasteiger partial charge < -0.3 is 9.47 Å². The van der Waals surface area contributed by atoms with E-state index in [1.54, 1.807) is 12.1 Å². The van der Waals surface area contributed by atoms with Crippen LogP contribution in [0.4, 0.5) is 22.0 Å². The standard InChI is InChI=1S/C26H23F5O2/c1-3-5-15-7-10-19(11-8-15)26(30,31)33-20-12-9-17-14-18-13-16(6-4-2)21(27)23(29)25(18)32-24(17)22(20)28/h7-13H,3-6,14H2,1-2H3. The maximum atomic E-state index is 15.1. The van der Waals surface area contributed by atoms with Gasteiger partial charge in [-0.05, 0) is 48.2 Å². The number of ether oxygens (including phenoxy) is 2. The SMILES string of the molecule is CCCc1ccc(C(F)(F)Oc2ccc3c(c2F)Oc2c(cc(CCC)c(F)c2F)C3)cc1. The van der Waals surface area contributed by atoms with Crippen molar-refractivity contribution in [1.29, 1.82) is 0 Å². The van der Waals surface area contributed by atoms with Gasteiger partial charge in [0.25, 0.3) is 0 Å². The van der Waals surface area contributed by atoms with Crippen LogP contribution in [0, 0.1) is 17.5 Å². The summed E-state index contributed by atoms with van der Waals surface area (Å²) in [5, 5.41) is 0. The van der Waals surface area contributed by atoms with Crippen molar-refractivity contribution in [1.82, 2.24) is 0 Å². The molecule has 0 bridgehead atoms. The lowest BCUT2D eigenvalue weighted by molar-refractivity contribution is -0.187. The lowest BCUT2D eigenvalue weighted by Gasteiger charge is -2.24. The minimum absolute atomic E-state index is 0.0745. The van der Waals surface area contributed by atoms with Crippen molar-refractivity contribution >= 4 is 0 Å². The maximum absolute atomic E-state index is 15.1. The summed E-state index contributed by atoms with van der Waals surface area (Å²) in [6, 6.07) is 9.60. The van der Waals surface area contributed by atoms with Crippen LogP contribution in [0.5, 0.6) is 17.2 Å². The maximum Gasteiger partial charge on any atom is 0.426 e. The van der Waals surface area contributed by atoms with Gasteiger partial charge in [0.1, 0.15) is 0 Å². The van der Waals surface area contributed by atoms with Crippen molar-refractivity contribution in [2.24, 2.45) is 0 Å². The molecule has 2 nitrogen and oxygen atoms in total. The summed E-state index contributed by atoms with van der Waals surface area (Å²) < 4.78 is 83.5. The second-order valence-electron chi connectivity index (χ2n) is 8.11. The van der Waals surface area contributed by atoms with Crippen molar-refractivity contribution in [2.75, 3.05) is 0 Å². The smallest absolute Gasteiger partial charge is 0.426 e. The first-order chi connectivity index (χ1) is 15.7. The fourth-order valence-electron chi connectivity index (χ4n) is 3.98. The Balaban J connectivity index is 1.63. The van der Waals surface area contributed by atoms with Crippen molar-refractivity contribution in [3.05, 3.63) is 87.7 Å². The Morgan fingerprint density at radius 2 is 1.48 bits per heavy atom. The van der Waals surface area contributed by atoms with Crippen molar-refractivity contribution < 1.29 is 31.4 Å². The number of hydrogen-bond acceptors (Lipinski definition) is 2. The Morgan fingerprint density at radius 1 is 0.818 bits per heavy atom. The van der Waals surface area contributed by atoms with Gasteiger partial charge in [0, 0.05) is 17.5 Å². The molecule has 0 aromatic heterocycles. The van der Waals surface area contributed by atoms with Gasteiger partial charge in [0.05, 0.1) is 5.56 Å². The Hall–Kier alpha value is -3.09. The van der Waals surface area contributed by atoms with Gasteiger partial charge >= 0.3 is 6.11 Å². The molecule has 0 unspecified atom stereocenters. The van der Waals surface area contributed by atoms with Crippen LogP contribution in [-0.2, 0) is 25.4 Å². The zero-order valence-electron chi connectivity index (χ0n) is 18.3. The molecule has 33 heavy (non-hydrogen) atoms. The normalized spacial score (nSPS) is 12.7. The molecular formula is C26H23F5O2. The minimum Gasteiger partial charge on any atom is -0.450 e. The Kier molecular flexibility index (Phi) is 6.32. The lowest BCUT2D eigenvalue weighted by Crippen LogP contribution is -2.23. The topological polar surface area (TPSA) is 18.5 Å². The number of alkyl halides is 2. The van der Waals surface area contributed by atoms with Gasteiger partial charge in [-0.15, -0.1) is 0 Å². The molecule has 0 saturated heterocycles. The number of aryl methyl sites for hydroxylation is 2. The summed E-state index contributed by atoms with van der Waals surface area (Å²) >= 11 is 0. The number of fused-ring (bicyclic) bond motifs is 2. The quantitative estimate of drug-likeness (QED) is 0.261. The van der Waals surface area contributed by atoms with Crippen molar-refractivity contribution in [3.63, 3.8) is 0 Å². The molecule has 1 aliphatic heterocycles. The molecule has 0 spiro atoms. The highest BCUT2D eigenvalue weighted by molar-refractivity contribution is 5.54. The Labute approximate surface area is 189 Å². The van der Waals surface area contributed by atoms with Crippen LogP contribution in [0.15, 0.2) is 42.5 Å².